The Balaban J connectivity index is 1.53. The third-order valence-corrected chi connectivity index (χ3v) is 4.14. The van der Waals surface area contributed by atoms with E-state index in [4.69, 9.17) is 14.2 Å². The van der Waals surface area contributed by atoms with Gasteiger partial charge in [0.05, 0.1) is 25.4 Å². The number of hydrogen-bond donors (Lipinski definition) is 0. The van der Waals surface area contributed by atoms with Gasteiger partial charge in [0.2, 0.25) is 6.29 Å². The van der Waals surface area contributed by atoms with Crippen molar-refractivity contribution in [3.8, 4) is 0 Å². The van der Waals surface area contributed by atoms with Crippen LogP contribution in [0.2, 0.25) is 0 Å². The molecule has 0 N–H and O–H groups in total. The Morgan fingerprint density at radius 1 is 0.714 bits per heavy atom. The highest BCUT2D eigenvalue weighted by Gasteiger charge is 2.16. The minimum atomic E-state index is -0.677. The molecule has 3 aromatic rings. The van der Waals surface area contributed by atoms with Crippen LogP contribution in [-0.2, 0) is 27.4 Å². The average Bonchev–Trinajstić information content (AvgIpc) is 2.77. The maximum Gasteiger partial charge on any atom is 0.340 e. The highest BCUT2D eigenvalue weighted by Crippen LogP contribution is 2.12. The predicted molar refractivity (Wildman–Crippen MR) is 108 cm³/mol. The van der Waals surface area contributed by atoms with Crippen LogP contribution in [0.3, 0.4) is 0 Å². The molecule has 144 valence electrons. The first-order valence-electron chi connectivity index (χ1n) is 9.34. The number of carbonyl (C=O) groups excluding carboxylic acids is 1. The van der Waals surface area contributed by atoms with E-state index >= 15 is 0 Å². The van der Waals surface area contributed by atoms with Crippen molar-refractivity contribution in [2.75, 3.05) is 6.61 Å². The summed E-state index contributed by atoms with van der Waals surface area (Å²) in [5, 5.41) is 0. The monoisotopic (exact) mass is 376 g/mol. The molecule has 1 atom stereocenters. The van der Waals surface area contributed by atoms with E-state index in [2.05, 4.69) is 0 Å². The van der Waals surface area contributed by atoms with Gasteiger partial charge in [-0.25, -0.2) is 4.79 Å². The van der Waals surface area contributed by atoms with Crippen molar-refractivity contribution in [2.24, 2.45) is 0 Å². The number of ether oxygens (including phenoxy) is 3. The fourth-order valence-electron chi connectivity index (χ4n) is 2.65. The van der Waals surface area contributed by atoms with E-state index < -0.39 is 12.3 Å². The lowest BCUT2D eigenvalue weighted by Gasteiger charge is -2.19. The van der Waals surface area contributed by atoms with Gasteiger partial charge in [0.1, 0.15) is 0 Å². The highest BCUT2D eigenvalue weighted by atomic mass is 16.7. The maximum absolute atomic E-state index is 12.4. The Bertz CT molecular complexity index is 819. The standard InChI is InChI=1S/C24H24O4/c25-24(22-14-8-3-9-15-22)28-23(27-19-21-12-6-2-7-13-21)16-17-26-18-20-10-4-1-5-11-20/h1-15,23H,16-19H2. The summed E-state index contributed by atoms with van der Waals surface area (Å²) < 4.78 is 17.1. The number of rotatable bonds is 10. The summed E-state index contributed by atoms with van der Waals surface area (Å²) in [6.07, 6.45) is -0.221. The number of esters is 1. The van der Waals surface area contributed by atoms with E-state index in [1.54, 1.807) is 24.3 Å². The van der Waals surface area contributed by atoms with Gasteiger partial charge in [-0.05, 0) is 23.3 Å². The topological polar surface area (TPSA) is 44.8 Å². The predicted octanol–water partition coefficient (Wildman–Crippen LogP) is 4.99. The second-order valence-corrected chi connectivity index (χ2v) is 6.32. The summed E-state index contributed by atoms with van der Waals surface area (Å²) in [4.78, 5) is 12.4. The van der Waals surface area contributed by atoms with Gasteiger partial charge in [-0.2, -0.15) is 0 Å². The summed E-state index contributed by atoms with van der Waals surface area (Å²) in [6.45, 7) is 1.31. The van der Waals surface area contributed by atoms with Crippen LogP contribution < -0.4 is 0 Å². The lowest BCUT2D eigenvalue weighted by Crippen LogP contribution is -2.23. The fraction of sp³-hybridized carbons (Fsp3) is 0.208. The maximum atomic E-state index is 12.4. The van der Waals surface area contributed by atoms with Gasteiger partial charge >= 0.3 is 5.97 Å². The molecule has 4 heteroatoms. The van der Waals surface area contributed by atoms with Gasteiger partial charge in [0, 0.05) is 6.42 Å². The zero-order chi connectivity index (χ0) is 19.4. The molecule has 0 amide bonds. The van der Waals surface area contributed by atoms with E-state index in [0.29, 0.717) is 31.8 Å². The SMILES string of the molecule is O=C(OC(CCOCc1ccccc1)OCc1ccccc1)c1ccccc1. The normalized spacial score (nSPS) is 11.7. The zero-order valence-electron chi connectivity index (χ0n) is 15.7. The van der Waals surface area contributed by atoms with Crippen LogP contribution in [0.15, 0.2) is 91.0 Å². The highest BCUT2D eigenvalue weighted by molar-refractivity contribution is 5.89. The first kappa shape index (κ1) is 19.8. The van der Waals surface area contributed by atoms with Crippen molar-refractivity contribution < 1.29 is 19.0 Å². The smallest absolute Gasteiger partial charge is 0.340 e. The molecular formula is C24H24O4. The molecule has 0 aromatic heterocycles. The van der Waals surface area contributed by atoms with E-state index in [1.807, 2.05) is 66.7 Å². The molecule has 1 unspecified atom stereocenters. The molecule has 3 rings (SSSR count). The quantitative estimate of drug-likeness (QED) is 0.284. The number of carbonyl (C=O) groups is 1. The van der Waals surface area contributed by atoms with Crippen molar-refractivity contribution >= 4 is 5.97 Å². The summed E-state index contributed by atoms with van der Waals surface area (Å²) in [5.74, 6) is -0.401. The van der Waals surface area contributed by atoms with Crippen molar-refractivity contribution in [1.82, 2.24) is 0 Å². The average molecular weight is 376 g/mol. The molecule has 0 heterocycles. The molecule has 0 aliphatic heterocycles. The van der Waals surface area contributed by atoms with Gasteiger partial charge in [0.25, 0.3) is 0 Å². The Morgan fingerprint density at radius 3 is 1.86 bits per heavy atom. The lowest BCUT2D eigenvalue weighted by molar-refractivity contribution is -0.129. The van der Waals surface area contributed by atoms with Gasteiger partial charge in [-0.1, -0.05) is 78.9 Å². The van der Waals surface area contributed by atoms with Crippen LogP contribution in [0.5, 0.6) is 0 Å². The second kappa shape index (κ2) is 11.0. The molecule has 0 saturated carbocycles. The van der Waals surface area contributed by atoms with Crippen LogP contribution in [0.4, 0.5) is 0 Å². The van der Waals surface area contributed by atoms with Crippen molar-refractivity contribution in [3.63, 3.8) is 0 Å². The molecule has 0 radical (unpaired) electrons. The van der Waals surface area contributed by atoms with Gasteiger partial charge < -0.3 is 14.2 Å². The minimum Gasteiger partial charge on any atom is -0.432 e. The summed E-state index contributed by atoms with van der Waals surface area (Å²) in [7, 11) is 0. The Hall–Kier alpha value is -2.95. The van der Waals surface area contributed by atoms with Crippen LogP contribution in [-0.4, -0.2) is 18.9 Å². The number of benzene rings is 3. The molecule has 0 fully saturated rings. The molecule has 4 nitrogen and oxygen atoms in total. The Labute approximate surface area is 165 Å². The number of hydrogen-bond acceptors (Lipinski definition) is 4. The van der Waals surface area contributed by atoms with Crippen LogP contribution in [0, 0.1) is 0 Å². The van der Waals surface area contributed by atoms with E-state index in [1.165, 1.54) is 0 Å². The summed E-state index contributed by atoms with van der Waals surface area (Å²) >= 11 is 0. The second-order valence-electron chi connectivity index (χ2n) is 6.32. The van der Waals surface area contributed by atoms with E-state index in [0.717, 1.165) is 11.1 Å². The fourth-order valence-corrected chi connectivity index (χ4v) is 2.65. The van der Waals surface area contributed by atoms with Crippen LogP contribution >= 0.6 is 0 Å². The Morgan fingerprint density at radius 2 is 1.25 bits per heavy atom. The van der Waals surface area contributed by atoms with Crippen molar-refractivity contribution in [3.05, 3.63) is 108 Å². The first-order chi connectivity index (χ1) is 13.8. The minimum absolute atomic E-state index is 0.367. The van der Waals surface area contributed by atoms with Gasteiger partial charge in [-0.3, -0.25) is 0 Å². The molecule has 0 aliphatic rings. The third-order valence-electron chi connectivity index (χ3n) is 4.14. The third kappa shape index (κ3) is 6.65. The molecule has 0 spiro atoms. The molecule has 0 saturated heterocycles. The van der Waals surface area contributed by atoms with Gasteiger partial charge in [-0.15, -0.1) is 0 Å². The molecule has 0 aliphatic carbocycles. The molecule has 28 heavy (non-hydrogen) atoms. The Kier molecular flexibility index (Phi) is 7.79. The van der Waals surface area contributed by atoms with Gasteiger partial charge in [0.15, 0.2) is 0 Å². The zero-order valence-corrected chi connectivity index (χ0v) is 15.7. The summed E-state index contributed by atoms with van der Waals surface area (Å²) in [6, 6.07) is 28.7. The largest absolute Gasteiger partial charge is 0.432 e. The lowest BCUT2D eigenvalue weighted by atomic mass is 10.2. The molecule has 3 aromatic carbocycles. The van der Waals surface area contributed by atoms with E-state index in [9.17, 15) is 4.79 Å². The van der Waals surface area contributed by atoms with E-state index in [-0.39, 0.29) is 0 Å². The van der Waals surface area contributed by atoms with Crippen molar-refractivity contribution in [1.29, 1.82) is 0 Å². The van der Waals surface area contributed by atoms with Crippen LogP contribution in [0.1, 0.15) is 27.9 Å². The van der Waals surface area contributed by atoms with Crippen LogP contribution in [0.25, 0.3) is 0 Å². The first-order valence-corrected chi connectivity index (χ1v) is 9.34. The summed E-state index contributed by atoms with van der Waals surface area (Å²) in [5.41, 5.74) is 2.63. The molecule has 0 bridgehead atoms. The van der Waals surface area contributed by atoms with Crippen molar-refractivity contribution in [2.45, 2.75) is 25.9 Å². The molecular weight excluding hydrogens is 352 g/mol.